The van der Waals surface area contributed by atoms with Gasteiger partial charge in [-0.2, -0.15) is 4.31 Å². The Balaban J connectivity index is 1.63. The molecule has 0 spiro atoms. The zero-order chi connectivity index (χ0) is 24.8. The summed E-state index contributed by atoms with van der Waals surface area (Å²) in [5, 5.41) is 2.80. The molecule has 8 heteroatoms. The van der Waals surface area contributed by atoms with Crippen molar-refractivity contribution in [2.75, 3.05) is 33.4 Å². The van der Waals surface area contributed by atoms with Crippen LogP contribution in [-0.2, 0) is 15.4 Å². The van der Waals surface area contributed by atoms with Gasteiger partial charge in [-0.15, -0.1) is 0 Å². The number of sulfonamides is 1. The zero-order valence-electron chi connectivity index (χ0n) is 20.6. The molecule has 0 bridgehead atoms. The summed E-state index contributed by atoms with van der Waals surface area (Å²) in [5.74, 6) is 0.646. The Morgan fingerprint density at radius 2 is 1.65 bits per heavy atom. The lowest BCUT2D eigenvalue weighted by Crippen LogP contribution is -2.32. The van der Waals surface area contributed by atoms with E-state index < -0.39 is 15.9 Å². The fourth-order valence-corrected chi connectivity index (χ4v) is 5.48. The number of nitrogens with zero attached hydrogens (tertiary/aromatic N) is 1. The van der Waals surface area contributed by atoms with E-state index >= 15 is 0 Å². The Morgan fingerprint density at radius 3 is 2.24 bits per heavy atom. The number of benzene rings is 2. The summed E-state index contributed by atoms with van der Waals surface area (Å²) in [5.41, 5.74) is 1.48. The van der Waals surface area contributed by atoms with Crippen LogP contribution in [0.15, 0.2) is 47.4 Å². The molecule has 3 rings (SSSR count). The molecule has 0 saturated carbocycles. The maximum Gasteiger partial charge on any atom is 0.255 e. The molecule has 1 saturated heterocycles. The zero-order valence-corrected chi connectivity index (χ0v) is 21.4. The topological polar surface area (TPSA) is 84.9 Å². The van der Waals surface area contributed by atoms with Crippen LogP contribution in [0.4, 0.5) is 0 Å². The van der Waals surface area contributed by atoms with Gasteiger partial charge in [0.15, 0.2) is 0 Å². The quantitative estimate of drug-likeness (QED) is 0.558. The number of amides is 1. The lowest BCUT2D eigenvalue weighted by Gasteiger charge is -2.20. The van der Waals surface area contributed by atoms with Gasteiger partial charge in [-0.3, -0.25) is 4.79 Å². The lowest BCUT2D eigenvalue weighted by molar-refractivity contribution is 0.0943. The van der Waals surface area contributed by atoms with Gasteiger partial charge >= 0.3 is 0 Å². The minimum Gasteiger partial charge on any atom is -0.496 e. The molecule has 1 aliphatic heterocycles. The SMILES string of the molecule is COc1ccc(S(=O)(=O)N2CCCCCC2)cc1C(=O)NCCOc1ccc(C(C)(C)C)cc1. The summed E-state index contributed by atoms with van der Waals surface area (Å²) in [7, 11) is -2.21. The van der Waals surface area contributed by atoms with Gasteiger partial charge in [-0.1, -0.05) is 45.7 Å². The van der Waals surface area contributed by atoms with Crippen molar-refractivity contribution >= 4 is 15.9 Å². The van der Waals surface area contributed by atoms with Crippen LogP contribution in [0.1, 0.15) is 62.4 Å². The number of methoxy groups -OCH3 is 1. The van der Waals surface area contributed by atoms with Crippen molar-refractivity contribution in [2.24, 2.45) is 0 Å². The third-order valence-electron chi connectivity index (χ3n) is 6.00. The smallest absolute Gasteiger partial charge is 0.255 e. The summed E-state index contributed by atoms with van der Waals surface area (Å²) < 4.78 is 38.9. The van der Waals surface area contributed by atoms with Gasteiger partial charge in [0.2, 0.25) is 10.0 Å². The van der Waals surface area contributed by atoms with Crippen LogP contribution < -0.4 is 14.8 Å². The van der Waals surface area contributed by atoms with Gasteiger partial charge in [-0.05, 0) is 54.2 Å². The highest BCUT2D eigenvalue weighted by Crippen LogP contribution is 2.27. The maximum absolute atomic E-state index is 13.2. The Hall–Kier alpha value is -2.58. The average Bonchev–Trinajstić information content (AvgIpc) is 3.11. The largest absolute Gasteiger partial charge is 0.496 e. The Labute approximate surface area is 203 Å². The summed E-state index contributed by atoms with van der Waals surface area (Å²) in [4.78, 5) is 13.0. The van der Waals surface area contributed by atoms with E-state index in [0.29, 0.717) is 18.8 Å². The number of ether oxygens (including phenoxy) is 2. The van der Waals surface area contributed by atoms with E-state index in [2.05, 4.69) is 26.1 Å². The van der Waals surface area contributed by atoms with Gasteiger partial charge < -0.3 is 14.8 Å². The highest BCUT2D eigenvalue weighted by atomic mass is 32.2. The second kappa shape index (κ2) is 11.2. The second-order valence-corrected chi connectivity index (χ2v) is 11.5. The van der Waals surface area contributed by atoms with E-state index in [4.69, 9.17) is 9.47 Å². The third-order valence-corrected chi connectivity index (χ3v) is 7.89. The van der Waals surface area contributed by atoms with Gasteiger partial charge in [0.1, 0.15) is 18.1 Å². The van der Waals surface area contributed by atoms with Crippen LogP contribution in [0.3, 0.4) is 0 Å². The van der Waals surface area contributed by atoms with E-state index in [1.807, 2.05) is 24.3 Å². The van der Waals surface area contributed by atoms with Crippen molar-refractivity contribution < 1.29 is 22.7 Å². The third kappa shape index (κ3) is 6.51. The molecule has 1 fully saturated rings. The van der Waals surface area contributed by atoms with Crippen molar-refractivity contribution in [1.82, 2.24) is 9.62 Å². The van der Waals surface area contributed by atoms with Crippen molar-refractivity contribution in [2.45, 2.75) is 56.8 Å². The summed E-state index contributed by atoms with van der Waals surface area (Å²) >= 11 is 0. The molecule has 0 atom stereocenters. The molecular formula is C26H36N2O5S. The molecular weight excluding hydrogens is 452 g/mol. The van der Waals surface area contributed by atoms with Crippen molar-refractivity contribution in [3.05, 3.63) is 53.6 Å². The minimum atomic E-state index is -3.67. The molecule has 0 radical (unpaired) electrons. The Morgan fingerprint density at radius 1 is 1.00 bits per heavy atom. The molecule has 1 aliphatic rings. The van der Waals surface area contributed by atoms with Gasteiger partial charge in [0.25, 0.3) is 5.91 Å². The van der Waals surface area contributed by atoms with Crippen LogP contribution >= 0.6 is 0 Å². The molecule has 0 unspecified atom stereocenters. The standard InChI is InChI=1S/C26H36N2O5S/c1-26(2,3)20-9-11-21(12-10-20)33-18-15-27-25(29)23-19-22(13-14-24(23)32-4)34(30,31)28-16-7-5-6-8-17-28/h9-14,19H,5-8,15-18H2,1-4H3,(H,27,29). The summed E-state index contributed by atoms with van der Waals surface area (Å²) in [6, 6.07) is 12.4. The van der Waals surface area contributed by atoms with Crippen LogP contribution in [0.5, 0.6) is 11.5 Å². The van der Waals surface area contributed by atoms with E-state index in [1.165, 1.54) is 35.2 Å². The number of hydrogen-bond acceptors (Lipinski definition) is 5. The molecule has 2 aromatic carbocycles. The van der Waals surface area contributed by atoms with E-state index in [9.17, 15) is 13.2 Å². The van der Waals surface area contributed by atoms with Gasteiger partial charge in [-0.25, -0.2) is 8.42 Å². The molecule has 186 valence electrons. The monoisotopic (exact) mass is 488 g/mol. The molecule has 2 aromatic rings. The number of hydrogen-bond donors (Lipinski definition) is 1. The number of nitrogens with one attached hydrogen (secondary N) is 1. The second-order valence-electron chi connectivity index (χ2n) is 9.56. The highest BCUT2D eigenvalue weighted by molar-refractivity contribution is 7.89. The average molecular weight is 489 g/mol. The van der Waals surface area contributed by atoms with E-state index in [-0.39, 0.29) is 29.0 Å². The molecule has 0 aromatic heterocycles. The fraction of sp³-hybridized carbons (Fsp3) is 0.500. The van der Waals surface area contributed by atoms with E-state index in [0.717, 1.165) is 31.4 Å². The number of carbonyl (C=O) groups is 1. The number of carbonyl (C=O) groups excluding carboxylic acids is 1. The maximum atomic E-state index is 13.2. The van der Waals surface area contributed by atoms with Gasteiger partial charge in [0.05, 0.1) is 24.1 Å². The Bertz CT molecular complexity index is 1070. The summed E-state index contributed by atoms with van der Waals surface area (Å²) in [6.07, 6.45) is 3.76. The molecule has 1 amide bonds. The highest BCUT2D eigenvalue weighted by Gasteiger charge is 2.27. The molecule has 1 heterocycles. The summed E-state index contributed by atoms with van der Waals surface area (Å²) in [6.45, 7) is 8.03. The van der Waals surface area contributed by atoms with E-state index in [1.54, 1.807) is 0 Å². The first kappa shape index (κ1) is 26.0. The van der Waals surface area contributed by atoms with Gasteiger partial charge in [0, 0.05) is 13.1 Å². The van der Waals surface area contributed by atoms with Crippen LogP contribution in [0, 0.1) is 0 Å². The van der Waals surface area contributed by atoms with Crippen molar-refractivity contribution in [3.8, 4) is 11.5 Å². The molecule has 1 N–H and O–H groups in total. The lowest BCUT2D eigenvalue weighted by atomic mass is 9.87. The van der Waals surface area contributed by atoms with Crippen LogP contribution in [0.2, 0.25) is 0 Å². The van der Waals surface area contributed by atoms with Crippen LogP contribution in [0.25, 0.3) is 0 Å². The van der Waals surface area contributed by atoms with Crippen molar-refractivity contribution in [1.29, 1.82) is 0 Å². The predicted molar refractivity (Wildman–Crippen MR) is 133 cm³/mol. The number of rotatable bonds is 8. The molecule has 34 heavy (non-hydrogen) atoms. The first-order valence-electron chi connectivity index (χ1n) is 11.8. The predicted octanol–water partition coefficient (Wildman–Crippen LogP) is 4.37. The fourth-order valence-electron chi connectivity index (χ4n) is 3.94. The van der Waals surface area contributed by atoms with Crippen molar-refractivity contribution in [3.63, 3.8) is 0 Å². The normalized spacial score (nSPS) is 15.4. The molecule has 0 aliphatic carbocycles. The Kier molecular flexibility index (Phi) is 8.60. The first-order valence-corrected chi connectivity index (χ1v) is 13.3. The first-order chi connectivity index (χ1) is 16.1. The molecule has 7 nitrogen and oxygen atoms in total. The van der Waals surface area contributed by atoms with Crippen LogP contribution in [-0.4, -0.2) is 52.0 Å². The minimum absolute atomic E-state index is 0.0702.